The van der Waals surface area contributed by atoms with Gasteiger partial charge in [-0.3, -0.25) is 52.9 Å². The molecular weight excluding hydrogens is 1170 g/mol. The Bertz CT molecular complexity index is 2930. The van der Waals surface area contributed by atoms with Crippen LogP contribution >= 0.6 is 0 Å². The molecule has 1 saturated heterocycles. The highest BCUT2D eigenvalue weighted by atomic mass is 16.4. The summed E-state index contributed by atoms with van der Waals surface area (Å²) in [5, 5.41) is 62.8. The normalized spacial score (nSPS) is 15.7. The second-order valence-corrected chi connectivity index (χ2v) is 22.2. The zero-order valence-electron chi connectivity index (χ0n) is 51.2. The summed E-state index contributed by atoms with van der Waals surface area (Å²) < 4.78 is 0. The Labute approximate surface area is 522 Å². The summed E-state index contributed by atoms with van der Waals surface area (Å²) in [4.78, 5) is 155. The Morgan fingerprint density at radius 2 is 1.13 bits per heavy atom. The maximum atomic E-state index is 14.5. The number of aliphatic carboxylic acids is 2. The summed E-state index contributed by atoms with van der Waals surface area (Å²) in [6.45, 7) is 4.83. The van der Waals surface area contributed by atoms with Gasteiger partial charge in [-0.2, -0.15) is 0 Å². The number of carboxylic acid groups (broad SMARTS) is 2. The number of nitrogens with one attached hydrogen (secondary N) is 9. The number of guanidine groups is 1. The molecule has 90 heavy (non-hydrogen) atoms. The molecule has 0 bridgehead atoms. The lowest BCUT2D eigenvalue weighted by molar-refractivity contribution is -0.143. The first-order valence-electron chi connectivity index (χ1n) is 30.0. The molecule has 0 aromatic heterocycles. The van der Waals surface area contributed by atoms with Crippen LogP contribution in [0.5, 0.6) is 11.5 Å². The van der Waals surface area contributed by atoms with Gasteiger partial charge in [-0.15, -0.1) is 0 Å². The highest BCUT2D eigenvalue weighted by Crippen LogP contribution is 2.21. The van der Waals surface area contributed by atoms with E-state index in [2.05, 4.69) is 52.8 Å². The number of likely N-dealkylation sites (tertiary alicyclic amines) is 1. The standard InChI is InChI=1S/C61H88N14O15/c1-5-35(2)51(58(87)71-43(26-27-50(79)80)54(83)73-47(60(89)90)33-39-20-24-41(77)25-21-39)74-56(85)46(31-37-13-7-6-8-14-37)72-52(81)36(3)68-55(84)45(32-38-18-22-40(76)23-19-38)69-49(78)34-67-53(82)42(16-11-29-66-61(63)64)70-57(86)48-17-12-30-75(48)59(88)44(65-4)15-9-10-28-62/h6-8,13-14,18-25,35-36,42-48,51,65,76-77H,5,9-12,15-17,26-34,62H2,1-4H3,(H,67,82)(H,68,84)(H,69,78)(H,70,86)(H,71,87)(H,72,81)(H,73,83)(H,74,85)(H,79,80)(H,89,90)(H4,63,64,66)/t35-,36-,42-,43-,44-,45-,46-,47-,48+,51-/m0/s1. The summed E-state index contributed by atoms with van der Waals surface area (Å²) in [6, 6.07) is 8.23. The molecular formula is C61H88N14O15. The molecule has 1 heterocycles. The number of nitrogens with two attached hydrogens (primary N) is 3. The number of likely N-dealkylation sites (N-methyl/N-ethyl adjacent to an activating group) is 1. The molecule has 3 aromatic rings. The van der Waals surface area contributed by atoms with Crippen molar-refractivity contribution in [3.63, 3.8) is 0 Å². The van der Waals surface area contributed by atoms with Crippen molar-refractivity contribution in [2.24, 2.45) is 28.1 Å². The van der Waals surface area contributed by atoms with Crippen LogP contribution in [0.1, 0.15) is 102 Å². The molecule has 9 amide bonds. The third-order valence-electron chi connectivity index (χ3n) is 15.2. The second-order valence-electron chi connectivity index (χ2n) is 22.2. The number of unbranched alkanes of at least 4 members (excludes halogenated alkanes) is 1. The van der Waals surface area contributed by atoms with Gasteiger partial charge in [-0.05, 0) is 112 Å². The predicted octanol–water partition coefficient (Wildman–Crippen LogP) is -1.59. The van der Waals surface area contributed by atoms with Gasteiger partial charge in [0.25, 0.3) is 0 Å². The minimum absolute atomic E-state index is 0.0160. The van der Waals surface area contributed by atoms with Gasteiger partial charge < -0.3 is 90.4 Å². The summed E-state index contributed by atoms with van der Waals surface area (Å²) >= 11 is 0. The Morgan fingerprint density at radius 1 is 0.600 bits per heavy atom. The van der Waals surface area contributed by atoms with Gasteiger partial charge in [0.1, 0.15) is 59.8 Å². The van der Waals surface area contributed by atoms with Crippen LogP contribution in [0.2, 0.25) is 0 Å². The van der Waals surface area contributed by atoms with Gasteiger partial charge in [0.05, 0.1) is 12.6 Å². The van der Waals surface area contributed by atoms with Crippen LogP contribution in [0.15, 0.2) is 83.9 Å². The van der Waals surface area contributed by atoms with Gasteiger partial charge in [0.2, 0.25) is 53.2 Å². The zero-order valence-corrected chi connectivity index (χ0v) is 51.2. The van der Waals surface area contributed by atoms with Crippen LogP contribution in [-0.4, -0.2) is 184 Å². The molecule has 0 spiro atoms. The number of carbonyl (C=O) groups excluding carboxylic acids is 9. The van der Waals surface area contributed by atoms with Crippen molar-refractivity contribution in [3.8, 4) is 11.5 Å². The fourth-order valence-corrected chi connectivity index (χ4v) is 9.87. The molecule has 0 saturated carbocycles. The number of aliphatic imine (C=N–C) groups is 1. The van der Waals surface area contributed by atoms with Crippen LogP contribution in [0.25, 0.3) is 0 Å². The van der Waals surface area contributed by atoms with E-state index in [4.69, 9.17) is 17.2 Å². The Balaban J connectivity index is 1.51. The van der Waals surface area contributed by atoms with E-state index in [0.29, 0.717) is 61.9 Å². The number of nitrogens with zero attached hydrogens (tertiary/aromatic N) is 2. The first-order valence-corrected chi connectivity index (χ1v) is 30.0. The Morgan fingerprint density at radius 3 is 1.70 bits per heavy atom. The molecule has 1 fully saturated rings. The van der Waals surface area contributed by atoms with Crippen molar-refractivity contribution in [1.29, 1.82) is 0 Å². The van der Waals surface area contributed by atoms with Gasteiger partial charge in [-0.1, -0.05) is 81.3 Å². The highest BCUT2D eigenvalue weighted by Gasteiger charge is 2.39. The lowest BCUT2D eigenvalue weighted by Gasteiger charge is -2.29. The van der Waals surface area contributed by atoms with Crippen molar-refractivity contribution in [2.45, 2.75) is 159 Å². The maximum Gasteiger partial charge on any atom is 0.326 e. The number of carboxylic acids is 2. The quantitative estimate of drug-likeness (QED) is 0.0175. The average molecular weight is 1260 g/mol. The van der Waals surface area contributed by atoms with Crippen molar-refractivity contribution in [2.75, 3.05) is 33.2 Å². The molecule has 3 aromatic carbocycles. The number of hydrogen-bond donors (Lipinski definition) is 16. The minimum atomic E-state index is -1.60. The van der Waals surface area contributed by atoms with Crippen LogP contribution in [0, 0.1) is 5.92 Å². The SMILES string of the molecule is CC[C@H](C)[C@H](NC(=O)[C@H](Cc1ccccc1)NC(=O)[C@H](C)NC(=O)[C@H](Cc1ccc(O)cc1)NC(=O)CNC(=O)[C@H](CCCN=C(N)N)NC(=O)[C@H]1CCCN1C(=O)[C@H](CCCCN)NC)C(=O)N[C@@H](CCC(=O)O)C(=O)N[C@@H](Cc1ccc(O)cc1)C(=O)O. The summed E-state index contributed by atoms with van der Waals surface area (Å²) in [7, 11) is 1.66. The topological polar surface area (TPSA) is 471 Å². The molecule has 0 aliphatic carbocycles. The molecule has 10 atom stereocenters. The molecule has 0 radical (unpaired) electrons. The number of phenolic OH excluding ortho intramolecular Hbond substituents is 2. The third kappa shape index (κ3) is 24.7. The first kappa shape index (κ1) is 73.1. The zero-order chi connectivity index (χ0) is 66.5. The van der Waals surface area contributed by atoms with E-state index in [1.165, 1.54) is 60.4 Å². The lowest BCUT2D eigenvalue weighted by Crippen LogP contribution is -2.61. The molecule has 29 heteroatoms. The van der Waals surface area contributed by atoms with Crippen LogP contribution in [0.4, 0.5) is 0 Å². The average Bonchev–Trinajstić information content (AvgIpc) is 2.49. The van der Waals surface area contributed by atoms with E-state index in [0.717, 1.165) is 0 Å². The minimum Gasteiger partial charge on any atom is -0.508 e. The number of phenols is 2. The van der Waals surface area contributed by atoms with Crippen molar-refractivity contribution in [1.82, 2.24) is 52.8 Å². The van der Waals surface area contributed by atoms with Gasteiger partial charge in [0.15, 0.2) is 5.96 Å². The van der Waals surface area contributed by atoms with Crippen molar-refractivity contribution < 1.29 is 73.2 Å². The van der Waals surface area contributed by atoms with E-state index in [1.807, 2.05) is 0 Å². The number of rotatable bonds is 38. The molecule has 1 aliphatic rings. The molecule has 492 valence electrons. The third-order valence-corrected chi connectivity index (χ3v) is 15.2. The molecule has 29 nitrogen and oxygen atoms in total. The van der Waals surface area contributed by atoms with Crippen molar-refractivity contribution in [3.05, 3.63) is 95.6 Å². The first-order chi connectivity index (χ1) is 42.8. The molecule has 4 rings (SSSR count). The lowest BCUT2D eigenvalue weighted by atomic mass is 9.96. The summed E-state index contributed by atoms with van der Waals surface area (Å²) in [6.07, 6.45) is 1.64. The number of carbonyl (C=O) groups is 11. The summed E-state index contributed by atoms with van der Waals surface area (Å²) in [5.41, 5.74) is 18.1. The number of benzene rings is 3. The smallest absolute Gasteiger partial charge is 0.326 e. The van der Waals surface area contributed by atoms with Gasteiger partial charge in [-0.25, -0.2) is 4.79 Å². The van der Waals surface area contributed by atoms with E-state index in [9.17, 15) is 73.2 Å². The van der Waals surface area contributed by atoms with Crippen molar-refractivity contribution >= 4 is 71.1 Å². The monoisotopic (exact) mass is 1260 g/mol. The fraction of sp³-hybridized carbons (Fsp3) is 0.508. The summed E-state index contributed by atoms with van der Waals surface area (Å²) in [5.74, 6) is -10.9. The number of amides is 9. The maximum absolute atomic E-state index is 14.5. The van der Waals surface area contributed by atoms with E-state index in [-0.39, 0.29) is 68.4 Å². The molecule has 1 aliphatic heterocycles. The van der Waals surface area contributed by atoms with Crippen LogP contribution in [-0.2, 0) is 72.0 Å². The van der Waals surface area contributed by atoms with E-state index < -0.39 is 139 Å². The largest absolute Gasteiger partial charge is 0.508 e. The van der Waals surface area contributed by atoms with Crippen LogP contribution in [0.3, 0.4) is 0 Å². The molecule has 0 unspecified atom stereocenters. The van der Waals surface area contributed by atoms with Gasteiger partial charge >= 0.3 is 11.9 Å². The number of aromatic hydroxyl groups is 2. The highest BCUT2D eigenvalue weighted by molar-refractivity contribution is 5.98. The van der Waals surface area contributed by atoms with Crippen LogP contribution < -0.4 is 65.1 Å². The Hall–Kier alpha value is -9.38. The predicted molar refractivity (Wildman–Crippen MR) is 330 cm³/mol. The molecule has 19 N–H and O–H groups in total. The van der Waals surface area contributed by atoms with Gasteiger partial charge in [0, 0.05) is 38.8 Å². The fourth-order valence-electron chi connectivity index (χ4n) is 9.87. The van der Waals surface area contributed by atoms with E-state index >= 15 is 0 Å². The Kier molecular flexibility index (Phi) is 30.4. The van der Waals surface area contributed by atoms with E-state index in [1.54, 1.807) is 51.2 Å². The number of hydrogen-bond acceptors (Lipinski definition) is 16. The second kappa shape index (κ2) is 37.5.